The number of amides is 1. The van der Waals surface area contributed by atoms with Gasteiger partial charge in [0.2, 0.25) is 5.91 Å². The molecule has 0 aliphatic carbocycles. The number of ether oxygens (including phenoxy) is 1. The van der Waals surface area contributed by atoms with E-state index in [-0.39, 0.29) is 31.5 Å². The Balaban J connectivity index is 5.36. The first kappa shape index (κ1) is 65.5. The molecule has 67 heavy (non-hydrogen) atoms. The Labute approximate surface area is 415 Å². The van der Waals surface area contributed by atoms with Crippen LogP contribution in [0.2, 0.25) is 0 Å². The molecule has 10 heteroatoms. The number of nitrogens with one attached hydrogen (secondary N) is 1. The normalized spacial score (nSPS) is 14.0. The van der Waals surface area contributed by atoms with E-state index >= 15 is 0 Å². The SMILES string of the molecule is CCCCCCCCC/C=C\CCCCCC(=O)NC(COP(=O)([O-])OCC[N+](C)(C)C)C(/C=C/CCCCCCCCCCCC)OC(=O)CCCCCCCCCCCCCCCCC. The van der Waals surface area contributed by atoms with Crippen molar-refractivity contribution in [1.82, 2.24) is 5.32 Å². The first-order chi connectivity index (χ1) is 32.4. The maximum atomic E-state index is 13.4. The number of allylic oxidation sites excluding steroid dienone is 3. The lowest BCUT2D eigenvalue weighted by atomic mass is 10.0. The van der Waals surface area contributed by atoms with Gasteiger partial charge in [0, 0.05) is 12.8 Å². The standard InChI is InChI=1S/C57H111N2O7P/c1-7-10-13-16-19-22-25-28-30-32-35-38-41-44-47-50-57(61)66-55(48-45-42-39-36-33-27-24-21-18-15-12-9-3)54(53-65-67(62,63)64-52-51-59(4,5)6)58-56(60)49-46-43-40-37-34-31-29-26-23-20-17-14-11-8-2/h31,34,45,48,54-55H,7-30,32-33,35-44,46-47,49-53H2,1-6H3,(H-,58,60,62,63)/b34-31-,48-45+. The average Bonchev–Trinajstić information content (AvgIpc) is 3.28. The summed E-state index contributed by atoms with van der Waals surface area (Å²) in [5.74, 6) is -0.548. The molecule has 0 fully saturated rings. The van der Waals surface area contributed by atoms with Gasteiger partial charge in [-0.25, -0.2) is 0 Å². The second kappa shape index (κ2) is 48.1. The molecule has 0 aromatic carbocycles. The second-order valence-electron chi connectivity index (χ2n) is 20.8. The zero-order valence-electron chi connectivity index (χ0n) is 45.1. The predicted molar refractivity (Wildman–Crippen MR) is 284 cm³/mol. The first-order valence-corrected chi connectivity index (χ1v) is 30.1. The molecule has 396 valence electrons. The number of carbonyl (C=O) groups is 2. The van der Waals surface area contributed by atoms with Gasteiger partial charge in [0.1, 0.15) is 19.3 Å². The maximum absolute atomic E-state index is 13.4. The zero-order valence-corrected chi connectivity index (χ0v) is 46.0. The van der Waals surface area contributed by atoms with Crippen LogP contribution < -0.4 is 10.2 Å². The topological polar surface area (TPSA) is 114 Å². The highest BCUT2D eigenvalue weighted by molar-refractivity contribution is 7.45. The Morgan fingerprint density at radius 2 is 0.866 bits per heavy atom. The Bertz CT molecular complexity index is 1210. The molecule has 0 rings (SSSR count). The molecule has 0 aromatic heterocycles. The van der Waals surface area contributed by atoms with Crippen molar-refractivity contribution in [2.75, 3.05) is 40.9 Å². The first-order valence-electron chi connectivity index (χ1n) is 28.6. The van der Waals surface area contributed by atoms with Crippen LogP contribution in [0.1, 0.15) is 278 Å². The summed E-state index contributed by atoms with van der Waals surface area (Å²) < 4.78 is 30.2. The monoisotopic (exact) mass is 967 g/mol. The third-order valence-corrected chi connectivity index (χ3v) is 13.8. The molecule has 9 nitrogen and oxygen atoms in total. The Morgan fingerprint density at radius 3 is 1.28 bits per heavy atom. The van der Waals surface area contributed by atoms with Crippen molar-refractivity contribution in [2.24, 2.45) is 0 Å². The van der Waals surface area contributed by atoms with Crippen LogP contribution in [-0.2, 0) is 27.9 Å². The number of hydrogen-bond acceptors (Lipinski definition) is 7. The maximum Gasteiger partial charge on any atom is 0.306 e. The van der Waals surface area contributed by atoms with E-state index in [9.17, 15) is 19.0 Å². The number of rotatable bonds is 52. The van der Waals surface area contributed by atoms with E-state index in [0.717, 1.165) is 70.6 Å². The van der Waals surface area contributed by atoms with Gasteiger partial charge in [-0.3, -0.25) is 14.2 Å². The Morgan fingerprint density at radius 1 is 0.507 bits per heavy atom. The second-order valence-corrected chi connectivity index (χ2v) is 22.2. The summed E-state index contributed by atoms with van der Waals surface area (Å²) in [7, 11) is 1.19. The summed E-state index contributed by atoms with van der Waals surface area (Å²) >= 11 is 0. The van der Waals surface area contributed by atoms with Crippen molar-refractivity contribution >= 4 is 19.7 Å². The molecule has 0 saturated carbocycles. The van der Waals surface area contributed by atoms with Crippen LogP contribution in [0, 0.1) is 0 Å². The third-order valence-electron chi connectivity index (χ3n) is 12.9. The molecule has 0 spiro atoms. The van der Waals surface area contributed by atoms with Gasteiger partial charge < -0.3 is 28.5 Å². The van der Waals surface area contributed by atoms with Crippen LogP contribution in [0.3, 0.4) is 0 Å². The Hall–Kier alpha value is -1.51. The van der Waals surface area contributed by atoms with E-state index in [1.54, 1.807) is 0 Å². The molecule has 0 saturated heterocycles. The van der Waals surface area contributed by atoms with Gasteiger partial charge in [-0.05, 0) is 57.4 Å². The van der Waals surface area contributed by atoms with Crippen molar-refractivity contribution in [3.8, 4) is 0 Å². The lowest BCUT2D eigenvalue weighted by Crippen LogP contribution is -2.47. The fraction of sp³-hybridized carbons (Fsp3) is 0.895. The molecular weight excluding hydrogens is 856 g/mol. The van der Waals surface area contributed by atoms with Crippen LogP contribution in [0.15, 0.2) is 24.3 Å². The zero-order chi connectivity index (χ0) is 49.4. The number of unbranched alkanes of at least 4 members (excludes halogenated alkanes) is 34. The van der Waals surface area contributed by atoms with E-state index in [0.29, 0.717) is 17.4 Å². The molecular formula is C57H111N2O7P. The van der Waals surface area contributed by atoms with Gasteiger partial charge in [0.15, 0.2) is 0 Å². The fourth-order valence-electron chi connectivity index (χ4n) is 8.40. The van der Waals surface area contributed by atoms with Crippen LogP contribution in [0.5, 0.6) is 0 Å². The number of phosphoric acid groups is 1. The summed E-state index contributed by atoms with van der Waals surface area (Å²) in [5, 5.41) is 3.01. The summed E-state index contributed by atoms with van der Waals surface area (Å²) in [6.45, 7) is 6.85. The van der Waals surface area contributed by atoms with E-state index in [2.05, 4.69) is 38.2 Å². The van der Waals surface area contributed by atoms with Gasteiger partial charge in [-0.2, -0.15) is 0 Å². The van der Waals surface area contributed by atoms with E-state index in [1.807, 2.05) is 33.3 Å². The summed E-state index contributed by atoms with van der Waals surface area (Å²) in [4.78, 5) is 39.8. The summed E-state index contributed by atoms with van der Waals surface area (Å²) in [5.41, 5.74) is 0. The number of phosphoric ester groups is 1. The van der Waals surface area contributed by atoms with Crippen LogP contribution >= 0.6 is 7.82 Å². The third kappa shape index (κ3) is 49.3. The molecule has 0 aliphatic rings. The van der Waals surface area contributed by atoms with Gasteiger partial charge >= 0.3 is 5.97 Å². The molecule has 0 aliphatic heterocycles. The minimum atomic E-state index is -4.69. The number of quaternary nitrogens is 1. The smallest absolute Gasteiger partial charge is 0.306 e. The number of carbonyl (C=O) groups excluding carboxylic acids is 2. The molecule has 0 bridgehead atoms. The van der Waals surface area contributed by atoms with E-state index in [1.165, 1.54) is 173 Å². The van der Waals surface area contributed by atoms with E-state index < -0.39 is 20.0 Å². The molecule has 3 unspecified atom stereocenters. The Kier molecular flexibility index (Phi) is 47.0. The van der Waals surface area contributed by atoms with Gasteiger partial charge in [0.05, 0.1) is 33.8 Å². The number of likely N-dealkylation sites (N-methyl/N-ethyl adjacent to an activating group) is 1. The molecule has 1 amide bonds. The highest BCUT2D eigenvalue weighted by Crippen LogP contribution is 2.38. The largest absolute Gasteiger partial charge is 0.756 e. The van der Waals surface area contributed by atoms with E-state index in [4.69, 9.17) is 13.8 Å². The van der Waals surface area contributed by atoms with Crippen LogP contribution in [-0.4, -0.2) is 69.4 Å². The average molecular weight is 967 g/mol. The quantitative estimate of drug-likeness (QED) is 0.0212. The van der Waals surface area contributed by atoms with Gasteiger partial charge in [0.25, 0.3) is 7.82 Å². The van der Waals surface area contributed by atoms with Gasteiger partial charge in [-0.15, -0.1) is 0 Å². The fourth-order valence-corrected chi connectivity index (χ4v) is 9.12. The van der Waals surface area contributed by atoms with Crippen LogP contribution in [0.4, 0.5) is 0 Å². The highest BCUT2D eigenvalue weighted by atomic mass is 31.2. The highest BCUT2D eigenvalue weighted by Gasteiger charge is 2.27. The molecule has 0 radical (unpaired) electrons. The lowest BCUT2D eigenvalue weighted by Gasteiger charge is -2.30. The van der Waals surface area contributed by atoms with Crippen LogP contribution in [0.25, 0.3) is 0 Å². The number of nitrogens with zero attached hydrogens (tertiary/aromatic N) is 1. The van der Waals surface area contributed by atoms with Crippen molar-refractivity contribution in [3.63, 3.8) is 0 Å². The number of hydrogen-bond donors (Lipinski definition) is 1. The molecule has 1 N–H and O–H groups in total. The molecule has 0 aromatic rings. The van der Waals surface area contributed by atoms with Crippen molar-refractivity contribution in [1.29, 1.82) is 0 Å². The summed E-state index contributed by atoms with van der Waals surface area (Å²) in [6, 6.07) is -0.889. The lowest BCUT2D eigenvalue weighted by molar-refractivity contribution is -0.870. The molecule has 0 heterocycles. The summed E-state index contributed by atoms with van der Waals surface area (Å²) in [6.07, 6.45) is 54.2. The van der Waals surface area contributed by atoms with Crippen molar-refractivity contribution in [2.45, 2.75) is 290 Å². The number of esters is 1. The minimum Gasteiger partial charge on any atom is -0.756 e. The van der Waals surface area contributed by atoms with Crippen molar-refractivity contribution < 1.29 is 37.3 Å². The minimum absolute atomic E-state index is 0.0218. The van der Waals surface area contributed by atoms with Gasteiger partial charge in [-0.1, -0.05) is 232 Å². The predicted octanol–water partition coefficient (Wildman–Crippen LogP) is 16.4. The van der Waals surface area contributed by atoms with Crippen molar-refractivity contribution in [3.05, 3.63) is 24.3 Å². The molecule has 3 atom stereocenters.